The lowest BCUT2D eigenvalue weighted by atomic mass is 9.80. The van der Waals surface area contributed by atoms with E-state index in [2.05, 4.69) is 15.9 Å². The zero-order chi connectivity index (χ0) is 9.30. The maximum atomic E-state index is 8.85. The Morgan fingerprint density at radius 3 is 1.92 bits per heavy atom. The predicted molar refractivity (Wildman–Crippen MR) is 54.0 cm³/mol. The summed E-state index contributed by atoms with van der Waals surface area (Å²) in [6, 6.07) is 3.09. The lowest BCUT2D eigenvalue weighted by Gasteiger charge is -2.05. The summed E-state index contributed by atoms with van der Waals surface area (Å²) in [5.74, 6) is 0. The van der Waals surface area contributed by atoms with Gasteiger partial charge in [-0.1, -0.05) is 39.1 Å². The molecule has 1 aromatic rings. The van der Waals surface area contributed by atoms with Crippen LogP contribution in [-0.2, 0) is 0 Å². The summed E-state index contributed by atoms with van der Waals surface area (Å²) in [5, 5.41) is 18.1. The van der Waals surface area contributed by atoms with Crippen LogP contribution < -0.4 is 5.46 Å². The lowest BCUT2D eigenvalue weighted by molar-refractivity contribution is 0.426. The summed E-state index contributed by atoms with van der Waals surface area (Å²) in [6.45, 7) is 0. The van der Waals surface area contributed by atoms with Crippen molar-refractivity contribution < 1.29 is 10.0 Å². The van der Waals surface area contributed by atoms with Crippen LogP contribution in [0.3, 0.4) is 0 Å². The van der Waals surface area contributed by atoms with Gasteiger partial charge in [0, 0.05) is 20.0 Å². The Labute approximate surface area is 88.4 Å². The van der Waals surface area contributed by atoms with Crippen molar-refractivity contribution in [2.24, 2.45) is 0 Å². The van der Waals surface area contributed by atoms with Gasteiger partial charge in [-0.05, 0) is 12.1 Å². The summed E-state index contributed by atoms with van der Waals surface area (Å²) in [4.78, 5) is 0. The molecule has 0 aliphatic carbocycles. The maximum Gasteiger partial charge on any atom is 0.491 e. The summed E-state index contributed by atoms with van der Waals surface area (Å²) in [7, 11) is -1.64. The van der Waals surface area contributed by atoms with Gasteiger partial charge >= 0.3 is 7.12 Å². The molecule has 0 aliphatic rings. The number of rotatable bonds is 1. The van der Waals surface area contributed by atoms with E-state index in [1.54, 1.807) is 12.1 Å². The van der Waals surface area contributed by atoms with Crippen molar-refractivity contribution in [2.75, 3.05) is 0 Å². The molecule has 6 heteroatoms. The van der Waals surface area contributed by atoms with Gasteiger partial charge in [-0.2, -0.15) is 0 Å². The van der Waals surface area contributed by atoms with Gasteiger partial charge in [0.2, 0.25) is 0 Å². The number of halogens is 3. The normalized spacial score (nSPS) is 10.1. The first-order valence-electron chi connectivity index (χ1n) is 3.03. The molecule has 0 bridgehead atoms. The van der Waals surface area contributed by atoms with Crippen LogP contribution in [-0.4, -0.2) is 17.2 Å². The summed E-state index contributed by atoms with van der Waals surface area (Å²) >= 11 is 14.6. The van der Waals surface area contributed by atoms with E-state index in [-0.39, 0.29) is 15.5 Å². The van der Waals surface area contributed by atoms with E-state index in [1.165, 1.54) is 0 Å². The second kappa shape index (κ2) is 3.98. The van der Waals surface area contributed by atoms with Crippen LogP contribution in [0.1, 0.15) is 0 Å². The van der Waals surface area contributed by atoms with E-state index >= 15 is 0 Å². The number of hydrogen-bond donors (Lipinski definition) is 2. The molecule has 12 heavy (non-hydrogen) atoms. The fourth-order valence-corrected chi connectivity index (χ4v) is 2.20. The highest BCUT2D eigenvalue weighted by Gasteiger charge is 2.19. The quantitative estimate of drug-likeness (QED) is 0.758. The molecule has 0 aliphatic heterocycles. The van der Waals surface area contributed by atoms with Crippen molar-refractivity contribution in [3.05, 3.63) is 26.7 Å². The molecule has 0 radical (unpaired) electrons. The summed E-state index contributed by atoms with van der Waals surface area (Å²) in [5.41, 5.74) is 0.126. The molecule has 0 heterocycles. The van der Waals surface area contributed by atoms with Gasteiger partial charge in [-0.25, -0.2) is 0 Å². The molecule has 0 spiro atoms. The molecule has 0 saturated carbocycles. The third-order valence-corrected chi connectivity index (χ3v) is 2.39. The highest BCUT2D eigenvalue weighted by atomic mass is 79.9. The van der Waals surface area contributed by atoms with E-state index in [1.807, 2.05) is 0 Å². The van der Waals surface area contributed by atoms with Crippen LogP contribution in [0.15, 0.2) is 16.6 Å². The van der Waals surface area contributed by atoms with Gasteiger partial charge in [0.1, 0.15) is 0 Å². The van der Waals surface area contributed by atoms with Gasteiger partial charge in [0.15, 0.2) is 0 Å². The van der Waals surface area contributed by atoms with Gasteiger partial charge < -0.3 is 10.0 Å². The van der Waals surface area contributed by atoms with Crippen LogP contribution in [0.25, 0.3) is 0 Å². The van der Waals surface area contributed by atoms with Crippen molar-refractivity contribution in [3.8, 4) is 0 Å². The molecular weight excluding hydrogens is 266 g/mol. The lowest BCUT2D eigenvalue weighted by Crippen LogP contribution is -2.31. The Morgan fingerprint density at radius 2 is 1.58 bits per heavy atom. The molecule has 2 nitrogen and oxygen atoms in total. The molecule has 1 rings (SSSR count). The van der Waals surface area contributed by atoms with Crippen LogP contribution in [0, 0.1) is 0 Å². The van der Waals surface area contributed by atoms with Gasteiger partial charge in [-0.3, -0.25) is 0 Å². The van der Waals surface area contributed by atoms with Crippen LogP contribution >= 0.6 is 39.1 Å². The maximum absolute atomic E-state index is 8.85. The minimum absolute atomic E-state index is 0.126. The Kier molecular flexibility index (Phi) is 3.43. The minimum Gasteiger partial charge on any atom is -0.423 e. The Hall–Kier alpha value is 0.265. The van der Waals surface area contributed by atoms with Gasteiger partial charge in [0.05, 0.1) is 0 Å². The van der Waals surface area contributed by atoms with Crippen LogP contribution in [0.4, 0.5) is 0 Å². The van der Waals surface area contributed by atoms with E-state index in [9.17, 15) is 0 Å². The molecular formula is C6H4BBrCl2O2. The highest BCUT2D eigenvalue weighted by molar-refractivity contribution is 9.10. The third kappa shape index (κ3) is 2.15. The molecule has 2 N–H and O–H groups in total. The average molecular weight is 270 g/mol. The predicted octanol–water partition coefficient (Wildman–Crippen LogP) is 1.44. The first-order chi connectivity index (χ1) is 5.52. The first-order valence-corrected chi connectivity index (χ1v) is 4.58. The Bertz CT molecular complexity index is 283. The van der Waals surface area contributed by atoms with Gasteiger partial charge in [-0.15, -0.1) is 0 Å². The Balaban J connectivity index is 3.28. The molecule has 0 amide bonds. The Morgan fingerprint density at radius 1 is 1.17 bits per heavy atom. The van der Waals surface area contributed by atoms with Crippen LogP contribution in [0.5, 0.6) is 0 Å². The van der Waals surface area contributed by atoms with E-state index < -0.39 is 7.12 Å². The number of benzene rings is 1. The van der Waals surface area contributed by atoms with Gasteiger partial charge in [0.25, 0.3) is 0 Å². The van der Waals surface area contributed by atoms with Crippen LogP contribution in [0.2, 0.25) is 10.0 Å². The minimum atomic E-state index is -1.64. The smallest absolute Gasteiger partial charge is 0.423 e. The number of hydrogen-bond acceptors (Lipinski definition) is 2. The van der Waals surface area contributed by atoms with E-state index in [0.29, 0.717) is 4.47 Å². The molecule has 0 atom stereocenters. The second-order valence-corrected chi connectivity index (χ2v) is 3.89. The van der Waals surface area contributed by atoms with Crippen molar-refractivity contribution in [1.29, 1.82) is 0 Å². The zero-order valence-electron chi connectivity index (χ0n) is 5.76. The summed E-state index contributed by atoms with van der Waals surface area (Å²) in [6.07, 6.45) is 0. The largest absolute Gasteiger partial charge is 0.491 e. The molecule has 64 valence electrons. The van der Waals surface area contributed by atoms with E-state index in [4.69, 9.17) is 33.2 Å². The topological polar surface area (TPSA) is 40.5 Å². The van der Waals surface area contributed by atoms with Crippen molar-refractivity contribution >= 4 is 51.7 Å². The standard InChI is InChI=1S/C6H4BBrCl2O2/c8-3-1-4(9)6(7(11)12)5(10)2-3/h1-2,11-12H. The fourth-order valence-electron chi connectivity index (χ4n) is 0.800. The monoisotopic (exact) mass is 268 g/mol. The second-order valence-electron chi connectivity index (χ2n) is 2.16. The molecule has 0 fully saturated rings. The molecule has 0 aromatic heterocycles. The highest BCUT2D eigenvalue weighted by Crippen LogP contribution is 2.21. The molecule has 0 saturated heterocycles. The van der Waals surface area contributed by atoms with Crippen molar-refractivity contribution in [1.82, 2.24) is 0 Å². The molecule has 1 aromatic carbocycles. The first kappa shape index (κ1) is 10.3. The van der Waals surface area contributed by atoms with E-state index in [0.717, 1.165) is 0 Å². The molecule has 0 unspecified atom stereocenters. The average Bonchev–Trinajstić information content (AvgIpc) is 1.82. The fraction of sp³-hybridized carbons (Fsp3) is 0. The third-order valence-electron chi connectivity index (χ3n) is 1.30. The van der Waals surface area contributed by atoms with Crippen molar-refractivity contribution in [3.63, 3.8) is 0 Å². The zero-order valence-corrected chi connectivity index (χ0v) is 8.86. The SMILES string of the molecule is OB(O)c1c(Cl)cc(Br)cc1Cl. The van der Waals surface area contributed by atoms with Crippen molar-refractivity contribution in [2.45, 2.75) is 0 Å². The summed E-state index contributed by atoms with van der Waals surface area (Å²) < 4.78 is 0.696.